The van der Waals surface area contributed by atoms with E-state index in [1.807, 2.05) is 6.07 Å². The van der Waals surface area contributed by atoms with E-state index in [1.54, 1.807) is 5.32 Å². The minimum absolute atomic E-state index is 0.132. The Morgan fingerprint density at radius 1 is 1.55 bits per heavy atom. The second-order valence-corrected chi connectivity index (χ2v) is 4.25. The fraction of sp³-hybridized carbons (Fsp3) is 0.333. The highest BCUT2D eigenvalue weighted by molar-refractivity contribution is 6.31. The Morgan fingerprint density at radius 3 is 2.70 bits per heavy atom. The van der Waals surface area contributed by atoms with Gasteiger partial charge in [0.15, 0.2) is 6.10 Å². The van der Waals surface area contributed by atoms with Gasteiger partial charge in [-0.05, 0) is 19.1 Å². The van der Waals surface area contributed by atoms with Gasteiger partial charge in [0.1, 0.15) is 18.4 Å². The van der Waals surface area contributed by atoms with Crippen LogP contribution in [0.5, 0.6) is 5.75 Å². The van der Waals surface area contributed by atoms with Crippen molar-refractivity contribution >= 4 is 17.5 Å². The summed E-state index contributed by atoms with van der Waals surface area (Å²) < 4.78 is 41.0. The van der Waals surface area contributed by atoms with Crippen molar-refractivity contribution in [3.05, 3.63) is 28.8 Å². The standard InChI is InChI=1S/C12H10ClF3N2O2/c1-7(11(19)18-6-12(14,15)16)20-9-3-2-8(5-17)10(13)4-9/h2-4,7H,6H2,1H3,(H,18,19)/t7-/m0/s1. The van der Waals surface area contributed by atoms with Crippen molar-refractivity contribution in [2.75, 3.05) is 6.54 Å². The molecule has 0 aliphatic rings. The Kier molecular flexibility index (Phi) is 5.22. The molecule has 1 N–H and O–H groups in total. The fourth-order valence-corrected chi connectivity index (χ4v) is 1.46. The lowest BCUT2D eigenvalue weighted by molar-refractivity contribution is -0.142. The predicted octanol–water partition coefficient (Wildman–Crippen LogP) is 2.66. The molecule has 20 heavy (non-hydrogen) atoms. The quantitative estimate of drug-likeness (QED) is 0.930. The lowest BCUT2D eigenvalue weighted by Crippen LogP contribution is -2.41. The van der Waals surface area contributed by atoms with E-state index in [0.717, 1.165) is 0 Å². The monoisotopic (exact) mass is 306 g/mol. The van der Waals surface area contributed by atoms with E-state index >= 15 is 0 Å². The summed E-state index contributed by atoms with van der Waals surface area (Å²) in [6, 6.07) is 5.94. The molecule has 1 amide bonds. The molecule has 0 aromatic heterocycles. The number of amides is 1. The average molecular weight is 307 g/mol. The van der Waals surface area contributed by atoms with Crippen molar-refractivity contribution in [3.63, 3.8) is 0 Å². The molecule has 0 spiro atoms. The Labute approximate surface area is 118 Å². The summed E-state index contributed by atoms with van der Waals surface area (Å²) in [6.07, 6.45) is -5.60. The van der Waals surface area contributed by atoms with Crippen LogP contribution in [0.25, 0.3) is 0 Å². The van der Waals surface area contributed by atoms with E-state index in [1.165, 1.54) is 25.1 Å². The number of halogens is 4. The van der Waals surface area contributed by atoms with Gasteiger partial charge < -0.3 is 10.1 Å². The molecule has 0 radical (unpaired) electrons. The smallest absolute Gasteiger partial charge is 0.405 e. The second kappa shape index (κ2) is 6.48. The Balaban J connectivity index is 2.62. The van der Waals surface area contributed by atoms with Gasteiger partial charge in [0, 0.05) is 6.07 Å². The summed E-state index contributed by atoms with van der Waals surface area (Å²) in [5.74, 6) is -0.716. The van der Waals surface area contributed by atoms with E-state index < -0.39 is 24.7 Å². The largest absolute Gasteiger partial charge is 0.481 e. The van der Waals surface area contributed by atoms with Crippen LogP contribution >= 0.6 is 11.6 Å². The van der Waals surface area contributed by atoms with Crippen LogP contribution in [0.1, 0.15) is 12.5 Å². The highest BCUT2D eigenvalue weighted by Gasteiger charge is 2.29. The van der Waals surface area contributed by atoms with Crippen LogP contribution in [0.2, 0.25) is 5.02 Å². The van der Waals surface area contributed by atoms with Gasteiger partial charge in [-0.25, -0.2) is 0 Å². The first-order chi connectivity index (χ1) is 9.23. The van der Waals surface area contributed by atoms with Crippen molar-refractivity contribution in [1.29, 1.82) is 5.26 Å². The molecule has 1 rings (SSSR count). The first-order valence-electron chi connectivity index (χ1n) is 5.43. The first kappa shape index (κ1) is 16.1. The minimum Gasteiger partial charge on any atom is -0.481 e. The maximum atomic E-state index is 11.9. The van der Waals surface area contributed by atoms with Gasteiger partial charge in [0.2, 0.25) is 0 Å². The number of carbonyl (C=O) groups is 1. The Morgan fingerprint density at radius 2 is 2.20 bits per heavy atom. The van der Waals surface area contributed by atoms with Crippen molar-refractivity contribution in [3.8, 4) is 11.8 Å². The van der Waals surface area contributed by atoms with Gasteiger partial charge in [-0.2, -0.15) is 18.4 Å². The molecule has 0 unspecified atom stereocenters. The molecular weight excluding hydrogens is 297 g/mol. The number of hydrogen-bond donors (Lipinski definition) is 1. The minimum atomic E-state index is -4.48. The summed E-state index contributed by atoms with van der Waals surface area (Å²) in [6.45, 7) is -0.120. The van der Waals surface area contributed by atoms with Crippen molar-refractivity contribution in [2.45, 2.75) is 19.2 Å². The third-order valence-corrected chi connectivity index (χ3v) is 2.52. The maximum Gasteiger partial charge on any atom is 0.405 e. The molecular formula is C12H10ClF3N2O2. The van der Waals surface area contributed by atoms with Crippen LogP contribution in [0.3, 0.4) is 0 Å². The topological polar surface area (TPSA) is 62.1 Å². The van der Waals surface area contributed by atoms with Crippen LogP contribution in [0, 0.1) is 11.3 Å². The number of ether oxygens (including phenoxy) is 1. The molecule has 0 saturated carbocycles. The molecule has 108 valence electrons. The first-order valence-corrected chi connectivity index (χ1v) is 5.81. The molecule has 1 aromatic rings. The molecule has 0 bridgehead atoms. The fourth-order valence-electron chi connectivity index (χ4n) is 1.25. The van der Waals surface area contributed by atoms with Crippen molar-refractivity contribution < 1.29 is 22.7 Å². The van der Waals surface area contributed by atoms with Crippen LogP contribution in [-0.4, -0.2) is 24.7 Å². The molecule has 0 aliphatic heterocycles. The number of nitrogens with one attached hydrogen (secondary N) is 1. The number of hydrogen-bond acceptors (Lipinski definition) is 3. The van der Waals surface area contributed by atoms with Crippen molar-refractivity contribution in [1.82, 2.24) is 5.32 Å². The van der Waals surface area contributed by atoms with E-state index in [9.17, 15) is 18.0 Å². The lowest BCUT2D eigenvalue weighted by Gasteiger charge is -2.15. The molecule has 0 fully saturated rings. The zero-order chi connectivity index (χ0) is 15.3. The van der Waals surface area contributed by atoms with Crippen molar-refractivity contribution in [2.24, 2.45) is 0 Å². The number of nitriles is 1. The summed E-state index contributed by atoms with van der Waals surface area (Å²) >= 11 is 5.76. The summed E-state index contributed by atoms with van der Waals surface area (Å²) in [5, 5.41) is 10.5. The molecule has 4 nitrogen and oxygen atoms in total. The SMILES string of the molecule is C[C@H](Oc1ccc(C#N)c(Cl)c1)C(=O)NCC(F)(F)F. The lowest BCUT2D eigenvalue weighted by atomic mass is 10.2. The summed E-state index contributed by atoms with van der Waals surface area (Å²) in [7, 11) is 0. The zero-order valence-corrected chi connectivity index (χ0v) is 11.0. The Hall–Kier alpha value is -1.94. The number of alkyl halides is 3. The number of nitrogens with zero attached hydrogens (tertiary/aromatic N) is 1. The van der Waals surface area contributed by atoms with Crippen LogP contribution in [0.4, 0.5) is 13.2 Å². The zero-order valence-electron chi connectivity index (χ0n) is 10.3. The average Bonchev–Trinajstić information content (AvgIpc) is 2.35. The summed E-state index contributed by atoms with van der Waals surface area (Å²) in [4.78, 5) is 11.4. The van der Waals surface area contributed by atoms with Gasteiger partial charge in [-0.3, -0.25) is 4.79 Å². The maximum absolute atomic E-state index is 11.9. The molecule has 1 atom stereocenters. The normalized spacial score (nSPS) is 12.4. The van der Waals surface area contributed by atoms with Gasteiger partial charge >= 0.3 is 6.18 Å². The van der Waals surface area contributed by atoms with Gasteiger partial charge in [0.05, 0.1) is 10.6 Å². The molecule has 8 heteroatoms. The van der Waals surface area contributed by atoms with E-state index in [-0.39, 0.29) is 16.3 Å². The number of benzene rings is 1. The van der Waals surface area contributed by atoms with Gasteiger partial charge in [-0.15, -0.1) is 0 Å². The van der Waals surface area contributed by atoms with E-state index in [0.29, 0.717) is 0 Å². The molecule has 1 aromatic carbocycles. The second-order valence-electron chi connectivity index (χ2n) is 3.85. The van der Waals surface area contributed by atoms with E-state index in [2.05, 4.69) is 0 Å². The molecule has 0 saturated heterocycles. The van der Waals surface area contributed by atoms with Crippen LogP contribution in [0.15, 0.2) is 18.2 Å². The predicted molar refractivity (Wildman–Crippen MR) is 65.3 cm³/mol. The third-order valence-electron chi connectivity index (χ3n) is 2.21. The van der Waals surface area contributed by atoms with Gasteiger partial charge in [0.25, 0.3) is 5.91 Å². The summed E-state index contributed by atoms with van der Waals surface area (Å²) in [5.41, 5.74) is 0.230. The highest BCUT2D eigenvalue weighted by atomic mass is 35.5. The van der Waals surface area contributed by atoms with Gasteiger partial charge in [-0.1, -0.05) is 11.6 Å². The molecule has 0 aliphatic carbocycles. The Bertz CT molecular complexity index is 540. The number of rotatable bonds is 4. The van der Waals surface area contributed by atoms with E-state index in [4.69, 9.17) is 21.6 Å². The van der Waals surface area contributed by atoms with Crippen LogP contribution < -0.4 is 10.1 Å². The third kappa shape index (κ3) is 4.97. The number of carbonyl (C=O) groups excluding carboxylic acids is 1. The molecule has 0 heterocycles. The van der Waals surface area contributed by atoms with Crippen LogP contribution in [-0.2, 0) is 4.79 Å². The highest BCUT2D eigenvalue weighted by Crippen LogP contribution is 2.22.